The van der Waals surface area contributed by atoms with Crippen LogP contribution >= 0.6 is 11.3 Å². The number of aliphatic hydroxyl groups excluding tert-OH is 2. The van der Waals surface area contributed by atoms with Crippen LogP contribution in [0.1, 0.15) is 70.0 Å². The van der Waals surface area contributed by atoms with Gasteiger partial charge in [-0.05, 0) is 44.5 Å². The van der Waals surface area contributed by atoms with E-state index in [0.29, 0.717) is 5.52 Å². The largest absolute Gasteiger partial charge is 0.507 e. The molecule has 9 atom stereocenters. The van der Waals surface area contributed by atoms with Gasteiger partial charge in [0.1, 0.15) is 23.3 Å². The number of amides is 1. The number of nitrogens with zero attached hydrogens (tertiary/aromatic N) is 1. The van der Waals surface area contributed by atoms with Crippen LogP contribution in [-0.4, -0.2) is 75.3 Å². The first-order valence-corrected chi connectivity index (χ1v) is 20.0. The summed E-state index contributed by atoms with van der Waals surface area (Å²) >= 11 is 1.21. The van der Waals surface area contributed by atoms with Crippen LogP contribution in [0.5, 0.6) is 11.5 Å². The number of benzene rings is 3. The molecule has 13 nitrogen and oxygen atoms in total. The van der Waals surface area contributed by atoms with Crippen molar-refractivity contribution in [3.63, 3.8) is 0 Å². The van der Waals surface area contributed by atoms with E-state index in [4.69, 9.17) is 23.9 Å². The van der Waals surface area contributed by atoms with Crippen LogP contribution in [0.3, 0.4) is 0 Å². The highest BCUT2D eigenvalue weighted by atomic mass is 32.1. The van der Waals surface area contributed by atoms with E-state index in [9.17, 15) is 34.5 Å². The first-order chi connectivity index (χ1) is 27.3. The van der Waals surface area contributed by atoms with Gasteiger partial charge in [-0.2, -0.15) is 0 Å². The number of aryl methyl sites for hydroxylation is 1. The maximum absolute atomic E-state index is 14.6. The highest BCUT2D eigenvalue weighted by Crippen LogP contribution is 2.51. The number of aliphatic hydroxyl groups is 2. The number of esters is 1. The molecule has 4 N–H and O–H groups in total. The minimum absolute atomic E-state index is 0.00945. The number of ether oxygens (including phenoxy) is 4. The molecule has 0 aromatic heterocycles. The van der Waals surface area contributed by atoms with E-state index in [-0.39, 0.29) is 49.5 Å². The Labute approximate surface area is 340 Å². The van der Waals surface area contributed by atoms with Gasteiger partial charge in [-0.25, -0.2) is 4.98 Å². The zero-order valence-corrected chi connectivity index (χ0v) is 35.0. The second-order valence-corrected chi connectivity index (χ2v) is 16.8. The number of phenols is 1. The van der Waals surface area contributed by atoms with Gasteiger partial charge < -0.3 is 39.6 Å². The van der Waals surface area contributed by atoms with Crippen LogP contribution < -0.4 is 15.5 Å². The van der Waals surface area contributed by atoms with E-state index < -0.39 is 82.7 Å². The Kier molecular flexibility index (Phi) is 11.9. The number of ketones is 1. The van der Waals surface area contributed by atoms with Crippen molar-refractivity contribution < 1.29 is 48.7 Å². The monoisotopic (exact) mass is 814 g/mol. The van der Waals surface area contributed by atoms with Crippen molar-refractivity contribution in [3.8, 4) is 22.1 Å². The van der Waals surface area contributed by atoms with Crippen molar-refractivity contribution in [2.45, 2.75) is 92.5 Å². The lowest BCUT2D eigenvalue weighted by atomic mass is 9.78. The lowest BCUT2D eigenvalue weighted by molar-refractivity contribution is -0.160. The number of aromatic hydroxyl groups is 1. The van der Waals surface area contributed by atoms with E-state index >= 15 is 0 Å². The molecule has 0 saturated carbocycles. The molecule has 14 heteroatoms. The number of aromatic nitrogens is 1. The number of hydrogen-bond acceptors (Lipinski definition) is 13. The summed E-state index contributed by atoms with van der Waals surface area (Å²) in [5, 5.41) is 37.2. The molecule has 0 saturated heterocycles. The first kappa shape index (κ1) is 42.5. The van der Waals surface area contributed by atoms with Gasteiger partial charge >= 0.3 is 11.8 Å². The molecule has 2 aromatic rings. The molecule has 2 aromatic carbocycles. The summed E-state index contributed by atoms with van der Waals surface area (Å²) in [6.07, 6.45) is 3.82. The number of fused-ring (bicyclic) bond motifs is 2. The van der Waals surface area contributed by atoms with Gasteiger partial charge in [0.05, 0.1) is 56.3 Å². The van der Waals surface area contributed by atoms with Crippen molar-refractivity contribution >= 4 is 55.7 Å². The number of allylic oxidation sites excluding steroid dienone is 2. The second kappa shape index (κ2) is 16.2. The minimum atomic E-state index is -1.98. The third-order valence-corrected chi connectivity index (χ3v) is 12.6. The van der Waals surface area contributed by atoms with Crippen LogP contribution in [0, 0.1) is 37.5 Å². The molecule has 308 valence electrons. The molecule has 0 radical (unpaired) electrons. The van der Waals surface area contributed by atoms with E-state index in [2.05, 4.69) is 5.32 Å². The fourth-order valence-electron chi connectivity index (χ4n) is 7.91. The van der Waals surface area contributed by atoms with Gasteiger partial charge in [-0.15, -0.1) is 11.3 Å². The molecule has 3 aliphatic heterocycles. The summed E-state index contributed by atoms with van der Waals surface area (Å²) in [5.41, 5.74) is 1.19. The molecule has 3 heterocycles. The van der Waals surface area contributed by atoms with Crippen LogP contribution in [0.15, 0.2) is 59.1 Å². The third-order valence-electron chi connectivity index (χ3n) is 11.5. The number of Topliss-reactive ketones (excluding diaryl/α,β-unsaturated/α-hetero) is 1. The number of methoxy groups -OCH3 is 1. The van der Waals surface area contributed by atoms with Crippen molar-refractivity contribution in [2.24, 2.45) is 23.7 Å². The Morgan fingerprint density at radius 1 is 0.983 bits per heavy atom. The van der Waals surface area contributed by atoms with Crippen LogP contribution in [0.4, 0.5) is 5.69 Å². The molecule has 4 bridgehead atoms. The van der Waals surface area contributed by atoms with Gasteiger partial charge in [0, 0.05) is 61.2 Å². The molecule has 4 aliphatic rings. The highest BCUT2D eigenvalue weighted by Gasteiger charge is 2.50. The first-order valence-electron chi connectivity index (χ1n) is 19.2. The van der Waals surface area contributed by atoms with Crippen molar-refractivity contribution in [2.75, 3.05) is 12.4 Å². The molecule has 0 spiro atoms. The Morgan fingerprint density at radius 2 is 1.69 bits per heavy atom. The highest BCUT2D eigenvalue weighted by molar-refractivity contribution is 7.22. The molecule has 0 fully saturated rings. The van der Waals surface area contributed by atoms with Crippen molar-refractivity contribution in [3.05, 3.63) is 81.3 Å². The zero-order chi connectivity index (χ0) is 42.5. The van der Waals surface area contributed by atoms with Gasteiger partial charge in [0.25, 0.3) is 11.7 Å². The minimum Gasteiger partial charge on any atom is -0.507 e. The second-order valence-electron chi connectivity index (χ2n) is 15.7. The molecule has 0 unspecified atom stereocenters. The van der Waals surface area contributed by atoms with E-state index in [0.717, 1.165) is 10.3 Å². The van der Waals surface area contributed by atoms with Gasteiger partial charge in [-0.1, -0.05) is 52.0 Å². The predicted octanol–water partition coefficient (Wildman–Crippen LogP) is 6.73. The quantitative estimate of drug-likeness (QED) is 0.0950. The summed E-state index contributed by atoms with van der Waals surface area (Å²) in [5.74, 6) is -6.64. The summed E-state index contributed by atoms with van der Waals surface area (Å²) in [6.45, 7) is 14.7. The number of nitrogens with one attached hydrogen (secondary N) is 1. The van der Waals surface area contributed by atoms with E-state index in [1.807, 2.05) is 25.1 Å². The number of rotatable bonds is 2. The summed E-state index contributed by atoms with van der Waals surface area (Å²) in [4.78, 5) is 60.5. The average Bonchev–Trinajstić information content (AvgIpc) is 3.45. The number of hydrogen-bond donors (Lipinski definition) is 4. The van der Waals surface area contributed by atoms with Crippen molar-refractivity contribution in [1.82, 2.24) is 4.98 Å². The summed E-state index contributed by atoms with van der Waals surface area (Å²) < 4.78 is 24.5. The topological polar surface area (TPSA) is 191 Å². The Hall–Kier alpha value is -5.15. The standard InChI is InChI=1S/C44H50N2O11S/c1-19-14-15-27-29(18-19)58-41-33(45-27)30-31-37(50)25(7)40-32(30)42(52)44(9,57-40)55-17-16-28(54-10)22(4)39(56-26(8)47)24(6)36(49)23(5)35(48)20(2)12-11-13-21(3)43(53)46-34(41)38(31)51/h11-18,20,22-24,28,35-36,39,48-50H,1-10H3,(H,46,53)/b12-11+,17-16+,21-13-/t20-,22+,23+,24+,28-,35-,36+,39+,44-/m0/s1. The van der Waals surface area contributed by atoms with Gasteiger partial charge in [-0.3, -0.25) is 19.2 Å². The molecule has 1 amide bonds. The van der Waals surface area contributed by atoms with Crippen molar-refractivity contribution in [1.29, 1.82) is 0 Å². The lowest BCUT2D eigenvalue weighted by Gasteiger charge is -2.38. The molecular weight excluding hydrogens is 765 g/mol. The SMILES string of the molecule is CO[C@H]1/C=C/O[C@@]2(C)Oc3c(C)c(O)c4c(=O)c(c5sc6cc(C)ccc6nc-5c4c3C2=O)NC(=O)/C(C)=C\C=C\[C@H](C)[C@H](O)[C@@H](C)[C@@H](O)[C@@H](C)[C@H](OC(C)=O)[C@@H]1C. The molecule has 1 aliphatic carbocycles. The van der Waals surface area contributed by atoms with Crippen LogP contribution in [0.2, 0.25) is 0 Å². The maximum atomic E-state index is 14.6. The van der Waals surface area contributed by atoms with Crippen LogP contribution in [0.25, 0.3) is 31.6 Å². The fraction of sp³-hybridized carbons (Fsp3) is 0.432. The Bertz CT molecular complexity index is 2440. The number of anilines is 1. The summed E-state index contributed by atoms with van der Waals surface area (Å²) in [6, 6.07) is 5.61. The smallest absolute Gasteiger partial charge is 0.312 e. The number of carbonyl (C=O) groups excluding carboxylic acids is 3. The Morgan fingerprint density at radius 3 is 2.36 bits per heavy atom. The zero-order valence-electron chi connectivity index (χ0n) is 34.2. The van der Waals surface area contributed by atoms with Crippen LogP contribution in [-0.2, 0) is 23.8 Å². The number of carbonyl (C=O) groups is 3. The number of phenolic OH excluding ortho intramolecular Hbond substituents is 1. The summed E-state index contributed by atoms with van der Waals surface area (Å²) in [7, 11) is 1.46. The van der Waals surface area contributed by atoms with E-state index in [1.165, 1.54) is 57.6 Å². The molecule has 58 heavy (non-hydrogen) atoms. The van der Waals surface area contributed by atoms with Gasteiger partial charge in [0.15, 0.2) is 0 Å². The van der Waals surface area contributed by atoms with E-state index in [1.54, 1.807) is 46.8 Å². The maximum Gasteiger partial charge on any atom is 0.312 e. The normalized spacial score (nSPS) is 30.4. The third kappa shape index (κ3) is 7.49. The average molecular weight is 815 g/mol. The molecular formula is C44H50N2O11S. The fourth-order valence-corrected chi connectivity index (χ4v) is 9.08. The molecule has 6 rings (SSSR count). The lowest BCUT2D eigenvalue weighted by Crippen LogP contribution is -2.46. The Balaban J connectivity index is 1.58. The predicted molar refractivity (Wildman–Crippen MR) is 221 cm³/mol. The van der Waals surface area contributed by atoms with Gasteiger partial charge in [0.2, 0.25) is 5.43 Å².